The van der Waals surface area contributed by atoms with Gasteiger partial charge in [-0.25, -0.2) is 4.79 Å². The highest BCUT2D eigenvalue weighted by molar-refractivity contribution is 5.76. The number of rotatable bonds is 6. The largest absolute Gasteiger partial charge is 0.480 e. The minimum atomic E-state index is -1.12. The lowest BCUT2D eigenvalue weighted by Gasteiger charge is -2.26. The first-order chi connectivity index (χ1) is 7.74. The zero-order chi connectivity index (χ0) is 13.5. The SMILES string of the molecule is CCCC(OC(=O)NCC(=O)O)OC(C)(C)C. The Morgan fingerprint density at radius 1 is 1.35 bits per heavy atom. The average molecular weight is 247 g/mol. The Morgan fingerprint density at radius 2 is 1.94 bits per heavy atom. The van der Waals surface area contributed by atoms with Gasteiger partial charge >= 0.3 is 12.1 Å². The van der Waals surface area contributed by atoms with Crippen LogP contribution in [0.4, 0.5) is 4.79 Å². The van der Waals surface area contributed by atoms with E-state index in [1.807, 2.05) is 27.7 Å². The number of carboxylic acids is 1. The molecule has 0 radical (unpaired) electrons. The van der Waals surface area contributed by atoms with E-state index < -0.39 is 30.5 Å². The van der Waals surface area contributed by atoms with Crippen molar-refractivity contribution in [1.82, 2.24) is 5.32 Å². The highest BCUT2D eigenvalue weighted by Gasteiger charge is 2.21. The van der Waals surface area contributed by atoms with Crippen LogP contribution < -0.4 is 5.32 Å². The standard InChI is InChI=1S/C11H21NO5/c1-5-6-9(17-11(2,3)4)16-10(15)12-7-8(13)14/h9H,5-7H2,1-4H3,(H,12,15)(H,13,14). The number of carboxylic acid groups (broad SMARTS) is 1. The van der Waals surface area contributed by atoms with Gasteiger partial charge in [0, 0.05) is 6.42 Å². The predicted molar refractivity (Wildman–Crippen MR) is 61.7 cm³/mol. The van der Waals surface area contributed by atoms with E-state index in [-0.39, 0.29) is 0 Å². The summed E-state index contributed by atoms with van der Waals surface area (Å²) in [5.41, 5.74) is -0.424. The molecule has 0 heterocycles. The number of ether oxygens (including phenoxy) is 2. The molecule has 0 aliphatic heterocycles. The van der Waals surface area contributed by atoms with Crippen LogP contribution in [0.5, 0.6) is 0 Å². The highest BCUT2D eigenvalue weighted by Crippen LogP contribution is 2.15. The molecule has 6 nitrogen and oxygen atoms in total. The normalized spacial score (nSPS) is 12.9. The molecule has 6 heteroatoms. The van der Waals surface area contributed by atoms with Gasteiger partial charge < -0.3 is 19.9 Å². The van der Waals surface area contributed by atoms with Crippen LogP contribution in [-0.4, -0.2) is 35.6 Å². The van der Waals surface area contributed by atoms with Gasteiger partial charge in [-0.3, -0.25) is 4.79 Å². The summed E-state index contributed by atoms with van der Waals surface area (Å²) in [6.07, 6.45) is -0.0750. The summed E-state index contributed by atoms with van der Waals surface area (Å²) in [5.74, 6) is -1.12. The third kappa shape index (κ3) is 9.62. The molecule has 0 bridgehead atoms. The van der Waals surface area contributed by atoms with E-state index in [2.05, 4.69) is 5.32 Å². The van der Waals surface area contributed by atoms with Crippen LogP contribution >= 0.6 is 0 Å². The van der Waals surface area contributed by atoms with Crippen molar-refractivity contribution in [1.29, 1.82) is 0 Å². The Bertz CT molecular complexity index is 259. The molecule has 0 spiro atoms. The van der Waals surface area contributed by atoms with Crippen molar-refractivity contribution in [2.75, 3.05) is 6.54 Å². The van der Waals surface area contributed by atoms with Gasteiger partial charge in [0.1, 0.15) is 6.54 Å². The summed E-state index contributed by atoms with van der Waals surface area (Å²) in [6, 6.07) is 0. The number of hydrogen-bond acceptors (Lipinski definition) is 4. The molecule has 17 heavy (non-hydrogen) atoms. The second-order valence-electron chi connectivity index (χ2n) is 4.60. The Morgan fingerprint density at radius 3 is 2.35 bits per heavy atom. The maximum absolute atomic E-state index is 11.2. The molecule has 0 aromatic heterocycles. The quantitative estimate of drug-likeness (QED) is 0.698. The van der Waals surface area contributed by atoms with E-state index in [0.717, 1.165) is 6.42 Å². The van der Waals surface area contributed by atoms with Crippen LogP contribution in [0.15, 0.2) is 0 Å². The molecule has 1 atom stereocenters. The fourth-order valence-electron chi connectivity index (χ4n) is 1.08. The zero-order valence-electron chi connectivity index (χ0n) is 10.8. The highest BCUT2D eigenvalue weighted by atomic mass is 16.7. The van der Waals surface area contributed by atoms with Crippen molar-refractivity contribution >= 4 is 12.1 Å². The van der Waals surface area contributed by atoms with Crippen LogP contribution in [0.1, 0.15) is 40.5 Å². The topological polar surface area (TPSA) is 84.9 Å². The number of alkyl carbamates (subject to hydrolysis) is 1. The smallest absolute Gasteiger partial charge is 0.409 e. The number of carbonyl (C=O) groups is 2. The minimum absolute atomic E-state index is 0.424. The molecule has 0 fully saturated rings. The maximum atomic E-state index is 11.2. The third-order valence-corrected chi connectivity index (χ3v) is 1.63. The number of amides is 1. The summed E-state index contributed by atoms with van der Waals surface area (Å²) < 4.78 is 10.5. The molecule has 0 aliphatic carbocycles. The van der Waals surface area contributed by atoms with Crippen molar-refractivity contribution in [3.05, 3.63) is 0 Å². The number of hydrogen-bond donors (Lipinski definition) is 2. The molecule has 2 N–H and O–H groups in total. The summed E-state index contributed by atoms with van der Waals surface area (Å²) in [5, 5.41) is 10.5. The lowest BCUT2D eigenvalue weighted by Crippen LogP contribution is -2.36. The molecule has 0 saturated heterocycles. The first-order valence-electron chi connectivity index (χ1n) is 5.58. The number of aliphatic carboxylic acids is 1. The molecule has 0 aromatic carbocycles. The van der Waals surface area contributed by atoms with Crippen LogP contribution in [0.3, 0.4) is 0 Å². The molecule has 1 unspecified atom stereocenters. The van der Waals surface area contributed by atoms with E-state index >= 15 is 0 Å². The lowest BCUT2D eigenvalue weighted by molar-refractivity contribution is -0.169. The Kier molecular flexibility index (Phi) is 6.57. The molecule has 0 aliphatic rings. The van der Waals surface area contributed by atoms with Crippen molar-refractivity contribution < 1.29 is 24.2 Å². The second-order valence-corrected chi connectivity index (χ2v) is 4.60. The van der Waals surface area contributed by atoms with Gasteiger partial charge in [-0.1, -0.05) is 13.3 Å². The van der Waals surface area contributed by atoms with E-state index in [1.54, 1.807) is 0 Å². The van der Waals surface area contributed by atoms with E-state index in [4.69, 9.17) is 14.6 Å². The first kappa shape index (κ1) is 15.7. The Hall–Kier alpha value is -1.30. The Labute approximate surface area is 101 Å². The van der Waals surface area contributed by atoms with Crippen molar-refractivity contribution in [2.45, 2.75) is 52.4 Å². The summed E-state index contributed by atoms with van der Waals surface area (Å²) >= 11 is 0. The van der Waals surface area contributed by atoms with Gasteiger partial charge in [0.05, 0.1) is 5.60 Å². The molecule has 0 saturated carbocycles. The van der Waals surface area contributed by atoms with Crippen molar-refractivity contribution in [2.24, 2.45) is 0 Å². The predicted octanol–water partition coefficient (Wildman–Crippen LogP) is 1.74. The molecule has 0 aromatic rings. The Balaban J connectivity index is 4.15. The minimum Gasteiger partial charge on any atom is -0.480 e. The summed E-state index contributed by atoms with van der Waals surface area (Å²) in [7, 11) is 0. The lowest BCUT2D eigenvalue weighted by atomic mass is 10.2. The fourth-order valence-corrected chi connectivity index (χ4v) is 1.08. The van der Waals surface area contributed by atoms with Gasteiger partial charge in [-0.15, -0.1) is 0 Å². The fraction of sp³-hybridized carbons (Fsp3) is 0.818. The molecule has 0 rings (SSSR count). The van der Waals surface area contributed by atoms with Gasteiger partial charge in [0.25, 0.3) is 0 Å². The van der Waals surface area contributed by atoms with Gasteiger partial charge in [0.2, 0.25) is 6.29 Å². The van der Waals surface area contributed by atoms with Crippen LogP contribution in [0.25, 0.3) is 0 Å². The maximum Gasteiger partial charge on any atom is 0.409 e. The van der Waals surface area contributed by atoms with Gasteiger partial charge in [-0.2, -0.15) is 0 Å². The van der Waals surface area contributed by atoms with E-state index in [0.29, 0.717) is 6.42 Å². The van der Waals surface area contributed by atoms with E-state index in [1.165, 1.54) is 0 Å². The molecular formula is C11H21NO5. The van der Waals surface area contributed by atoms with Gasteiger partial charge in [0.15, 0.2) is 0 Å². The number of carbonyl (C=O) groups excluding carboxylic acids is 1. The van der Waals surface area contributed by atoms with Crippen molar-refractivity contribution in [3.8, 4) is 0 Å². The monoisotopic (exact) mass is 247 g/mol. The summed E-state index contributed by atoms with van der Waals surface area (Å²) in [6.45, 7) is 7.04. The van der Waals surface area contributed by atoms with E-state index in [9.17, 15) is 9.59 Å². The molecule has 1 amide bonds. The van der Waals surface area contributed by atoms with Crippen LogP contribution in [0.2, 0.25) is 0 Å². The number of nitrogens with one attached hydrogen (secondary N) is 1. The molecular weight excluding hydrogens is 226 g/mol. The molecule has 100 valence electrons. The second kappa shape index (κ2) is 7.11. The summed E-state index contributed by atoms with van der Waals surface area (Å²) in [4.78, 5) is 21.5. The van der Waals surface area contributed by atoms with Crippen LogP contribution in [0, 0.1) is 0 Å². The third-order valence-electron chi connectivity index (χ3n) is 1.63. The first-order valence-corrected chi connectivity index (χ1v) is 5.58. The van der Waals surface area contributed by atoms with Gasteiger partial charge in [-0.05, 0) is 20.8 Å². The van der Waals surface area contributed by atoms with Crippen molar-refractivity contribution in [3.63, 3.8) is 0 Å². The van der Waals surface area contributed by atoms with Crippen LogP contribution in [-0.2, 0) is 14.3 Å². The average Bonchev–Trinajstić information content (AvgIpc) is 2.12. The zero-order valence-corrected chi connectivity index (χ0v) is 10.8.